The fraction of sp³-hybridized carbons (Fsp3) is 0.200. The molecule has 0 fully saturated rings. The lowest BCUT2D eigenvalue weighted by molar-refractivity contribution is 0.957. The van der Waals surface area contributed by atoms with Gasteiger partial charge < -0.3 is 0 Å². The molecule has 0 bridgehead atoms. The molecule has 0 amide bonds. The Balaban J connectivity index is 1.96. The second kappa shape index (κ2) is 4.79. The van der Waals surface area contributed by atoms with Gasteiger partial charge in [-0.15, -0.1) is 0 Å². The van der Waals surface area contributed by atoms with Crippen molar-refractivity contribution in [2.24, 2.45) is 0 Å². The number of hydrogen-bond donors (Lipinski definition) is 0. The van der Waals surface area contributed by atoms with Gasteiger partial charge >= 0.3 is 0 Å². The van der Waals surface area contributed by atoms with E-state index in [-0.39, 0.29) is 0 Å². The summed E-state index contributed by atoms with van der Waals surface area (Å²) < 4.78 is 0. The Bertz CT molecular complexity index is 398. The van der Waals surface area contributed by atoms with Gasteiger partial charge in [0, 0.05) is 0 Å². The van der Waals surface area contributed by atoms with Crippen LogP contribution in [-0.2, 0) is 12.8 Å². The van der Waals surface area contributed by atoms with E-state index >= 15 is 0 Å². The van der Waals surface area contributed by atoms with E-state index < -0.39 is 0 Å². The van der Waals surface area contributed by atoms with Crippen molar-refractivity contribution in [2.75, 3.05) is 0 Å². The second-order valence-corrected chi connectivity index (χ2v) is 3.87. The molecule has 75 valence electrons. The average molecular weight is 195 g/mol. The van der Waals surface area contributed by atoms with E-state index in [0.717, 1.165) is 12.8 Å². The Kier molecular flexibility index (Phi) is 3.18. The summed E-state index contributed by atoms with van der Waals surface area (Å²) in [7, 11) is 0. The van der Waals surface area contributed by atoms with Gasteiger partial charge in [-0.3, -0.25) is 0 Å². The van der Waals surface area contributed by atoms with Crippen molar-refractivity contribution in [3.05, 3.63) is 71.3 Å². The lowest BCUT2D eigenvalue weighted by Gasteiger charge is -2.02. The van der Waals surface area contributed by atoms with Gasteiger partial charge in [-0.2, -0.15) is 0 Å². The minimum atomic E-state index is 1.07. The van der Waals surface area contributed by atoms with Crippen LogP contribution in [0, 0.1) is 13.0 Å². The van der Waals surface area contributed by atoms with Gasteiger partial charge in [-0.25, -0.2) is 0 Å². The largest absolute Gasteiger partial charge is 0.0620 e. The Hall–Kier alpha value is -1.56. The van der Waals surface area contributed by atoms with Crippen LogP contribution in [0.1, 0.15) is 16.7 Å². The fourth-order valence-corrected chi connectivity index (χ4v) is 1.62. The van der Waals surface area contributed by atoms with E-state index in [1.54, 1.807) is 0 Å². The van der Waals surface area contributed by atoms with Crippen LogP contribution in [0.5, 0.6) is 0 Å². The van der Waals surface area contributed by atoms with Gasteiger partial charge in [0.15, 0.2) is 0 Å². The molecule has 2 aromatic rings. The van der Waals surface area contributed by atoms with Crippen molar-refractivity contribution >= 4 is 0 Å². The number of rotatable bonds is 3. The maximum absolute atomic E-state index is 3.25. The number of hydrogen-bond acceptors (Lipinski definition) is 0. The molecule has 0 nitrogen and oxygen atoms in total. The Labute approximate surface area is 91.6 Å². The highest BCUT2D eigenvalue weighted by molar-refractivity contribution is 5.23. The predicted octanol–water partition coefficient (Wildman–Crippen LogP) is 3.58. The zero-order chi connectivity index (χ0) is 10.5. The maximum atomic E-state index is 3.25. The second-order valence-electron chi connectivity index (χ2n) is 3.87. The summed E-state index contributed by atoms with van der Waals surface area (Å²) in [4.78, 5) is 0. The smallest absolute Gasteiger partial charge is 0.0149 e. The standard InChI is InChI=1S/C15H15/c1-13-7-9-15(10-8-13)12-11-14-5-3-2-4-6-14/h2-5,7-10H,11-12H2,1H3. The van der Waals surface area contributed by atoms with Crippen molar-refractivity contribution in [1.82, 2.24) is 0 Å². The van der Waals surface area contributed by atoms with Crippen molar-refractivity contribution in [2.45, 2.75) is 19.8 Å². The molecule has 2 rings (SSSR count). The summed E-state index contributed by atoms with van der Waals surface area (Å²) in [5.74, 6) is 0. The van der Waals surface area contributed by atoms with Gasteiger partial charge in [0.1, 0.15) is 0 Å². The van der Waals surface area contributed by atoms with E-state index in [0.29, 0.717) is 0 Å². The molecular weight excluding hydrogens is 180 g/mol. The molecule has 2 aromatic carbocycles. The first-order chi connectivity index (χ1) is 7.34. The van der Waals surface area contributed by atoms with Crippen molar-refractivity contribution in [3.8, 4) is 0 Å². The summed E-state index contributed by atoms with van der Waals surface area (Å²) in [6, 6.07) is 20.2. The quantitative estimate of drug-likeness (QED) is 0.702. The summed E-state index contributed by atoms with van der Waals surface area (Å²) in [5, 5.41) is 0. The molecular formula is C15H15. The normalized spacial score (nSPS) is 10.2. The molecule has 0 aliphatic rings. The zero-order valence-electron chi connectivity index (χ0n) is 9.03. The van der Waals surface area contributed by atoms with Crippen molar-refractivity contribution in [3.63, 3.8) is 0 Å². The Morgan fingerprint density at radius 1 is 0.933 bits per heavy atom. The van der Waals surface area contributed by atoms with E-state index in [1.165, 1.54) is 16.7 Å². The molecule has 0 heteroatoms. The third-order valence-electron chi connectivity index (χ3n) is 2.58. The van der Waals surface area contributed by atoms with E-state index in [9.17, 15) is 0 Å². The molecule has 0 saturated carbocycles. The highest BCUT2D eigenvalue weighted by Crippen LogP contribution is 2.07. The molecule has 0 heterocycles. The number of aryl methyl sites for hydroxylation is 3. The van der Waals surface area contributed by atoms with Crippen LogP contribution in [0.2, 0.25) is 0 Å². The van der Waals surface area contributed by atoms with Crippen LogP contribution in [0.25, 0.3) is 0 Å². The summed E-state index contributed by atoms with van der Waals surface area (Å²) in [6.07, 6.45) is 2.17. The minimum Gasteiger partial charge on any atom is -0.0620 e. The van der Waals surface area contributed by atoms with Gasteiger partial charge in [0.05, 0.1) is 0 Å². The minimum absolute atomic E-state index is 1.07. The topological polar surface area (TPSA) is 0 Å². The average Bonchev–Trinajstić information content (AvgIpc) is 2.30. The SMILES string of the molecule is Cc1ccc(CCc2[c]cccc2)cc1. The molecule has 0 aromatic heterocycles. The van der Waals surface area contributed by atoms with Crippen molar-refractivity contribution < 1.29 is 0 Å². The molecule has 1 radical (unpaired) electrons. The molecule has 0 aliphatic heterocycles. The maximum Gasteiger partial charge on any atom is -0.0149 e. The first kappa shape index (κ1) is 9.97. The molecule has 0 aliphatic carbocycles. The first-order valence-corrected chi connectivity index (χ1v) is 5.36. The molecule has 0 unspecified atom stereocenters. The van der Waals surface area contributed by atoms with Gasteiger partial charge in [0.25, 0.3) is 0 Å². The van der Waals surface area contributed by atoms with Crippen LogP contribution in [0.15, 0.2) is 48.5 Å². The molecule has 0 N–H and O–H groups in total. The van der Waals surface area contributed by atoms with E-state index in [2.05, 4.69) is 49.4 Å². The van der Waals surface area contributed by atoms with Crippen LogP contribution in [-0.4, -0.2) is 0 Å². The highest BCUT2D eigenvalue weighted by Gasteiger charge is 1.94. The van der Waals surface area contributed by atoms with Gasteiger partial charge in [-0.05, 0) is 37.0 Å². The monoisotopic (exact) mass is 195 g/mol. The lowest BCUT2D eigenvalue weighted by atomic mass is 10.0. The zero-order valence-corrected chi connectivity index (χ0v) is 9.03. The van der Waals surface area contributed by atoms with Crippen LogP contribution >= 0.6 is 0 Å². The fourth-order valence-electron chi connectivity index (χ4n) is 1.62. The molecule has 0 atom stereocenters. The summed E-state index contributed by atoms with van der Waals surface area (Å²) in [5.41, 5.74) is 4.01. The molecule has 0 spiro atoms. The highest BCUT2D eigenvalue weighted by atomic mass is 14.0. The van der Waals surface area contributed by atoms with Gasteiger partial charge in [-0.1, -0.05) is 54.1 Å². The lowest BCUT2D eigenvalue weighted by Crippen LogP contribution is -1.90. The van der Waals surface area contributed by atoms with E-state index in [1.807, 2.05) is 12.1 Å². The van der Waals surface area contributed by atoms with E-state index in [4.69, 9.17) is 0 Å². The van der Waals surface area contributed by atoms with Gasteiger partial charge in [0.2, 0.25) is 0 Å². The van der Waals surface area contributed by atoms with Crippen LogP contribution in [0.3, 0.4) is 0 Å². The third-order valence-corrected chi connectivity index (χ3v) is 2.58. The number of benzene rings is 2. The Morgan fingerprint density at radius 3 is 2.40 bits per heavy atom. The summed E-state index contributed by atoms with van der Waals surface area (Å²) in [6.45, 7) is 2.12. The first-order valence-electron chi connectivity index (χ1n) is 5.36. The molecule has 0 saturated heterocycles. The van der Waals surface area contributed by atoms with Crippen LogP contribution in [0.4, 0.5) is 0 Å². The summed E-state index contributed by atoms with van der Waals surface area (Å²) >= 11 is 0. The van der Waals surface area contributed by atoms with Crippen molar-refractivity contribution in [1.29, 1.82) is 0 Å². The van der Waals surface area contributed by atoms with Crippen LogP contribution < -0.4 is 0 Å². The third kappa shape index (κ3) is 2.95. The predicted molar refractivity (Wildman–Crippen MR) is 63.9 cm³/mol. The molecule has 15 heavy (non-hydrogen) atoms. The Morgan fingerprint density at radius 2 is 1.73 bits per heavy atom.